The van der Waals surface area contributed by atoms with Crippen LogP contribution in [0.1, 0.15) is 31.7 Å². The molecule has 1 saturated heterocycles. The maximum absolute atomic E-state index is 13.7. The highest BCUT2D eigenvalue weighted by Crippen LogP contribution is 2.49. The molecule has 1 aliphatic carbocycles. The van der Waals surface area contributed by atoms with E-state index in [4.69, 9.17) is 15.9 Å². The Hall–Kier alpha value is -3.51. The lowest BCUT2D eigenvalue weighted by atomic mass is 10.1. The van der Waals surface area contributed by atoms with Crippen LogP contribution >= 0.6 is 0 Å². The number of nitrogens with one attached hydrogen (secondary N) is 2. The summed E-state index contributed by atoms with van der Waals surface area (Å²) < 4.78 is 60.8. The quantitative estimate of drug-likeness (QED) is 0.166. The molecule has 2 aliphatic rings. The average Bonchev–Trinajstić information content (AvgIpc) is 3.67. The predicted octanol–water partition coefficient (Wildman–Crippen LogP) is 3.70. The number of ether oxygens (including phenoxy) is 1. The molecule has 39 heavy (non-hydrogen) atoms. The van der Waals surface area contributed by atoms with Gasteiger partial charge in [-0.15, -0.1) is 0 Å². The lowest BCUT2D eigenvalue weighted by Crippen LogP contribution is -2.49. The third-order valence-electron chi connectivity index (χ3n) is 7.23. The molecule has 1 amide bonds. The van der Waals surface area contributed by atoms with Crippen molar-refractivity contribution in [3.05, 3.63) is 71.1 Å². The van der Waals surface area contributed by atoms with Gasteiger partial charge in [0, 0.05) is 55.2 Å². The molecule has 2 aromatic carbocycles. The molecule has 0 radical (unpaired) electrons. The van der Waals surface area contributed by atoms with Crippen LogP contribution in [0.5, 0.6) is 0 Å². The third-order valence-corrected chi connectivity index (χ3v) is 9.08. The van der Waals surface area contributed by atoms with E-state index in [2.05, 4.69) is 5.32 Å². The summed E-state index contributed by atoms with van der Waals surface area (Å²) in [6.07, 6.45) is 3.77. The second kappa shape index (κ2) is 11.7. The van der Waals surface area contributed by atoms with E-state index in [9.17, 15) is 22.0 Å². The fourth-order valence-electron chi connectivity index (χ4n) is 4.50. The van der Waals surface area contributed by atoms with Crippen molar-refractivity contribution in [1.29, 1.82) is 5.41 Å². The van der Waals surface area contributed by atoms with Gasteiger partial charge in [0.05, 0.1) is 12.4 Å². The van der Waals surface area contributed by atoms with Gasteiger partial charge in [-0.3, -0.25) is 4.79 Å². The summed E-state index contributed by atoms with van der Waals surface area (Å²) in [4.78, 5) is 15.0. The fourth-order valence-corrected chi connectivity index (χ4v) is 6.01. The molecule has 0 aromatic heterocycles. The molecule has 210 valence electrons. The van der Waals surface area contributed by atoms with Crippen molar-refractivity contribution in [1.82, 2.24) is 9.21 Å². The molecule has 2 aromatic rings. The summed E-state index contributed by atoms with van der Waals surface area (Å²) in [6, 6.07) is 9.33. The highest BCUT2D eigenvalue weighted by Gasteiger charge is 2.42. The summed E-state index contributed by atoms with van der Waals surface area (Å²) in [5.74, 6) is -2.75. The Bertz CT molecular complexity index is 1330. The number of carbonyl (C=O) groups excluding carboxylic acids is 1. The number of anilines is 2. The molecule has 1 aliphatic heterocycles. The SMILES string of the molecule is CCC1(CO/C(C(=O)Nc2cc(F)cc(F)c2)=C(/C=N)N2CCN(S(=O)(=O)Cc3ccc(N)cc3)CC2)CC1. The largest absolute Gasteiger partial charge is 0.486 e. The van der Waals surface area contributed by atoms with Crippen molar-refractivity contribution in [2.24, 2.45) is 5.41 Å². The van der Waals surface area contributed by atoms with Crippen LogP contribution in [0.25, 0.3) is 0 Å². The zero-order valence-electron chi connectivity index (χ0n) is 21.8. The number of piperazine rings is 1. The molecule has 0 bridgehead atoms. The Morgan fingerprint density at radius 3 is 2.26 bits per heavy atom. The van der Waals surface area contributed by atoms with Gasteiger partial charge in [0.15, 0.2) is 0 Å². The van der Waals surface area contributed by atoms with Crippen molar-refractivity contribution in [3.8, 4) is 0 Å². The number of nitrogens with zero attached hydrogens (tertiary/aromatic N) is 2. The average molecular weight is 562 g/mol. The van der Waals surface area contributed by atoms with E-state index < -0.39 is 27.6 Å². The van der Waals surface area contributed by atoms with Crippen molar-refractivity contribution in [3.63, 3.8) is 0 Å². The van der Waals surface area contributed by atoms with E-state index in [1.54, 1.807) is 29.2 Å². The fraction of sp³-hybridized carbons (Fsp3) is 0.407. The summed E-state index contributed by atoms with van der Waals surface area (Å²) in [7, 11) is -3.60. The number of sulfonamides is 1. The van der Waals surface area contributed by atoms with Crippen molar-refractivity contribution >= 4 is 33.5 Å². The lowest BCUT2D eigenvalue weighted by Gasteiger charge is -2.36. The Morgan fingerprint density at radius 2 is 1.72 bits per heavy atom. The number of amides is 1. The Kier molecular flexibility index (Phi) is 8.55. The van der Waals surface area contributed by atoms with Gasteiger partial charge in [0.25, 0.3) is 5.91 Å². The third kappa shape index (κ3) is 7.12. The maximum atomic E-state index is 13.7. The Balaban J connectivity index is 1.51. The number of allylic oxidation sites excluding steroid dienone is 1. The van der Waals surface area contributed by atoms with Gasteiger partial charge in [0.1, 0.15) is 17.3 Å². The van der Waals surface area contributed by atoms with Crippen LogP contribution in [0, 0.1) is 22.5 Å². The molecular formula is C27H33F2N5O4S. The van der Waals surface area contributed by atoms with Crippen LogP contribution in [-0.2, 0) is 25.3 Å². The van der Waals surface area contributed by atoms with Gasteiger partial charge in [0.2, 0.25) is 15.8 Å². The molecule has 1 heterocycles. The normalized spacial score (nSPS) is 17.8. The van der Waals surface area contributed by atoms with Gasteiger partial charge < -0.3 is 26.1 Å². The number of nitrogens with two attached hydrogens (primary N) is 1. The van der Waals surface area contributed by atoms with Crippen LogP contribution in [0.3, 0.4) is 0 Å². The molecule has 1 saturated carbocycles. The van der Waals surface area contributed by atoms with Gasteiger partial charge in [-0.05, 0) is 49.1 Å². The number of carbonyl (C=O) groups is 1. The minimum Gasteiger partial charge on any atom is -0.486 e. The van der Waals surface area contributed by atoms with E-state index in [-0.39, 0.29) is 61.1 Å². The van der Waals surface area contributed by atoms with Gasteiger partial charge in [-0.2, -0.15) is 4.31 Å². The Labute approximate surface area is 227 Å². The smallest absolute Gasteiger partial charge is 0.293 e. The summed E-state index contributed by atoms with van der Waals surface area (Å²) in [5, 5.41) is 10.5. The topological polar surface area (TPSA) is 129 Å². The van der Waals surface area contributed by atoms with E-state index in [0.29, 0.717) is 17.3 Å². The number of halogens is 2. The molecule has 0 atom stereocenters. The lowest BCUT2D eigenvalue weighted by molar-refractivity contribution is -0.116. The minimum absolute atomic E-state index is 0.0431. The maximum Gasteiger partial charge on any atom is 0.293 e. The van der Waals surface area contributed by atoms with Gasteiger partial charge >= 0.3 is 0 Å². The monoisotopic (exact) mass is 561 g/mol. The second-order valence-corrected chi connectivity index (χ2v) is 12.0. The first kappa shape index (κ1) is 28.5. The number of hydrogen-bond acceptors (Lipinski definition) is 7. The molecular weight excluding hydrogens is 528 g/mol. The zero-order chi connectivity index (χ0) is 28.2. The summed E-state index contributed by atoms with van der Waals surface area (Å²) in [6.45, 7) is 3.04. The molecule has 9 nitrogen and oxygen atoms in total. The Morgan fingerprint density at radius 1 is 1.10 bits per heavy atom. The molecule has 2 fully saturated rings. The standard InChI is InChI=1S/C27H33F2N5O4S/c1-2-27(7-8-27)18-38-25(26(35)32-23-14-20(28)13-21(29)15-23)24(16-30)33-9-11-34(12-10-33)39(36,37)17-19-3-5-22(31)6-4-19/h3-6,13-16,30H,2,7-12,17-18,31H2,1H3,(H,32,35)/b25-24-,30-16?. The van der Waals surface area contributed by atoms with Crippen LogP contribution in [0.2, 0.25) is 0 Å². The van der Waals surface area contributed by atoms with Crippen LogP contribution < -0.4 is 11.1 Å². The van der Waals surface area contributed by atoms with E-state index in [1.807, 2.05) is 6.92 Å². The predicted molar refractivity (Wildman–Crippen MR) is 145 cm³/mol. The molecule has 4 N–H and O–H groups in total. The number of benzene rings is 2. The van der Waals surface area contributed by atoms with E-state index in [1.165, 1.54) is 4.31 Å². The molecule has 12 heteroatoms. The van der Waals surface area contributed by atoms with Crippen LogP contribution in [-0.4, -0.2) is 62.5 Å². The first-order valence-corrected chi connectivity index (χ1v) is 14.4. The molecule has 0 unspecified atom stereocenters. The van der Waals surface area contributed by atoms with Crippen LogP contribution in [0.15, 0.2) is 53.9 Å². The molecule has 4 rings (SSSR count). The highest BCUT2D eigenvalue weighted by atomic mass is 32.2. The van der Waals surface area contributed by atoms with Crippen molar-refractivity contribution in [2.45, 2.75) is 31.9 Å². The number of hydrogen-bond donors (Lipinski definition) is 3. The summed E-state index contributed by atoms with van der Waals surface area (Å²) >= 11 is 0. The first-order valence-electron chi connectivity index (χ1n) is 12.8. The summed E-state index contributed by atoms with van der Waals surface area (Å²) in [5.41, 5.74) is 6.90. The second-order valence-electron chi connectivity index (χ2n) is 10.00. The number of rotatable bonds is 11. The number of nitrogen functional groups attached to an aromatic ring is 1. The van der Waals surface area contributed by atoms with E-state index >= 15 is 0 Å². The van der Waals surface area contributed by atoms with Gasteiger partial charge in [-0.1, -0.05) is 19.1 Å². The van der Waals surface area contributed by atoms with E-state index in [0.717, 1.165) is 37.6 Å². The first-order chi connectivity index (χ1) is 18.5. The van der Waals surface area contributed by atoms with Gasteiger partial charge in [-0.25, -0.2) is 17.2 Å². The van der Waals surface area contributed by atoms with Crippen LogP contribution in [0.4, 0.5) is 20.2 Å². The zero-order valence-corrected chi connectivity index (χ0v) is 22.6. The van der Waals surface area contributed by atoms with Crippen molar-refractivity contribution in [2.75, 3.05) is 43.8 Å². The van der Waals surface area contributed by atoms with Crippen molar-refractivity contribution < 1.29 is 26.7 Å². The molecule has 0 spiro atoms. The minimum atomic E-state index is -3.60. The highest BCUT2D eigenvalue weighted by molar-refractivity contribution is 7.88.